The lowest BCUT2D eigenvalue weighted by atomic mass is 10.1. The molecule has 0 radical (unpaired) electrons. The fourth-order valence-corrected chi connectivity index (χ4v) is 2.55. The van der Waals surface area contributed by atoms with Gasteiger partial charge in [-0.2, -0.15) is 0 Å². The summed E-state index contributed by atoms with van der Waals surface area (Å²) in [4.78, 5) is 7.56. The molecule has 2 heterocycles. The Morgan fingerprint density at radius 1 is 1.29 bits per heavy atom. The highest BCUT2D eigenvalue weighted by Gasteiger charge is 2.06. The molecule has 108 valence electrons. The number of nitrogens with zero attached hydrogens (tertiary/aromatic N) is 1. The Labute approximate surface area is 128 Å². The standard InChI is InChI=1S/C16H17ClN4/c1-10-15(5-12(17)9-19-10)21-13-3-4-14-11(7-18-2)8-20-16(14)6-13/h3-6,8-9,18,20-21H,7H2,1-2H3. The number of H-pyrrole nitrogens is 1. The third-order valence-corrected chi connectivity index (χ3v) is 3.67. The van der Waals surface area contributed by atoms with E-state index in [0.29, 0.717) is 5.02 Å². The molecular weight excluding hydrogens is 284 g/mol. The normalized spacial score (nSPS) is 11.0. The summed E-state index contributed by atoms with van der Waals surface area (Å²) >= 11 is 6.00. The first-order chi connectivity index (χ1) is 10.2. The summed E-state index contributed by atoms with van der Waals surface area (Å²) in [7, 11) is 1.95. The summed E-state index contributed by atoms with van der Waals surface area (Å²) < 4.78 is 0. The molecule has 1 aromatic carbocycles. The van der Waals surface area contributed by atoms with Gasteiger partial charge in [0.1, 0.15) is 0 Å². The van der Waals surface area contributed by atoms with Gasteiger partial charge in [-0.15, -0.1) is 0 Å². The van der Waals surface area contributed by atoms with E-state index in [1.165, 1.54) is 10.9 Å². The molecule has 0 saturated carbocycles. The monoisotopic (exact) mass is 300 g/mol. The summed E-state index contributed by atoms with van der Waals surface area (Å²) in [6.45, 7) is 2.81. The van der Waals surface area contributed by atoms with Crippen LogP contribution in [0.15, 0.2) is 36.7 Å². The van der Waals surface area contributed by atoms with Gasteiger partial charge in [0, 0.05) is 35.5 Å². The van der Waals surface area contributed by atoms with Crippen LogP contribution in [-0.4, -0.2) is 17.0 Å². The number of benzene rings is 1. The second-order valence-corrected chi connectivity index (χ2v) is 5.45. The lowest BCUT2D eigenvalue weighted by Gasteiger charge is -2.09. The van der Waals surface area contributed by atoms with Gasteiger partial charge in [0.15, 0.2) is 0 Å². The van der Waals surface area contributed by atoms with Crippen molar-refractivity contribution in [2.24, 2.45) is 0 Å². The zero-order valence-electron chi connectivity index (χ0n) is 12.0. The summed E-state index contributed by atoms with van der Waals surface area (Å²) in [6, 6.07) is 8.16. The van der Waals surface area contributed by atoms with Gasteiger partial charge in [-0.1, -0.05) is 17.7 Å². The molecule has 0 amide bonds. The van der Waals surface area contributed by atoms with Crippen LogP contribution in [0.5, 0.6) is 0 Å². The van der Waals surface area contributed by atoms with Crippen molar-refractivity contribution >= 4 is 33.9 Å². The first-order valence-electron chi connectivity index (χ1n) is 6.81. The van der Waals surface area contributed by atoms with E-state index in [0.717, 1.165) is 29.1 Å². The molecule has 0 aliphatic rings. The number of pyridine rings is 1. The molecule has 0 unspecified atom stereocenters. The fraction of sp³-hybridized carbons (Fsp3) is 0.188. The maximum Gasteiger partial charge on any atom is 0.0615 e. The lowest BCUT2D eigenvalue weighted by molar-refractivity contribution is 0.823. The van der Waals surface area contributed by atoms with Crippen molar-refractivity contribution in [3.63, 3.8) is 0 Å². The Kier molecular flexibility index (Phi) is 3.82. The third-order valence-electron chi connectivity index (χ3n) is 3.47. The van der Waals surface area contributed by atoms with Crippen LogP contribution >= 0.6 is 11.6 Å². The van der Waals surface area contributed by atoms with Crippen molar-refractivity contribution in [3.05, 3.63) is 52.9 Å². The zero-order valence-corrected chi connectivity index (χ0v) is 12.8. The number of hydrogen-bond donors (Lipinski definition) is 3. The molecule has 0 aliphatic carbocycles. The number of halogens is 1. The van der Waals surface area contributed by atoms with Crippen molar-refractivity contribution in [2.75, 3.05) is 12.4 Å². The molecule has 3 aromatic rings. The Morgan fingerprint density at radius 3 is 2.95 bits per heavy atom. The van der Waals surface area contributed by atoms with Gasteiger partial charge < -0.3 is 15.6 Å². The number of nitrogens with one attached hydrogen (secondary N) is 3. The summed E-state index contributed by atoms with van der Waals surface area (Å²) in [5, 5.41) is 8.39. The molecule has 0 saturated heterocycles. The van der Waals surface area contributed by atoms with Crippen molar-refractivity contribution < 1.29 is 0 Å². The first-order valence-corrected chi connectivity index (χ1v) is 7.19. The second-order valence-electron chi connectivity index (χ2n) is 5.02. The van der Waals surface area contributed by atoms with Crippen LogP contribution in [0.2, 0.25) is 5.02 Å². The van der Waals surface area contributed by atoms with Crippen LogP contribution in [0, 0.1) is 6.92 Å². The van der Waals surface area contributed by atoms with Gasteiger partial charge in [0.2, 0.25) is 0 Å². The number of fused-ring (bicyclic) bond motifs is 1. The minimum atomic E-state index is 0.625. The van der Waals surface area contributed by atoms with Crippen molar-refractivity contribution in [2.45, 2.75) is 13.5 Å². The van der Waals surface area contributed by atoms with Crippen LogP contribution in [-0.2, 0) is 6.54 Å². The Bertz CT molecular complexity index is 779. The molecule has 3 rings (SSSR count). The first kappa shape index (κ1) is 13.9. The Balaban J connectivity index is 1.93. The van der Waals surface area contributed by atoms with Crippen LogP contribution in [0.25, 0.3) is 10.9 Å². The summed E-state index contributed by atoms with van der Waals surface area (Å²) in [5.41, 5.74) is 5.22. The minimum Gasteiger partial charge on any atom is -0.361 e. The Morgan fingerprint density at radius 2 is 2.14 bits per heavy atom. The molecule has 5 heteroatoms. The molecule has 3 N–H and O–H groups in total. The fourth-order valence-electron chi connectivity index (χ4n) is 2.39. The molecule has 0 bridgehead atoms. The van der Waals surface area contributed by atoms with E-state index in [-0.39, 0.29) is 0 Å². The quantitative estimate of drug-likeness (QED) is 0.683. The van der Waals surface area contributed by atoms with E-state index < -0.39 is 0 Å². The van der Waals surface area contributed by atoms with Crippen LogP contribution in [0.1, 0.15) is 11.3 Å². The zero-order chi connectivity index (χ0) is 14.8. The van der Waals surface area contributed by atoms with Gasteiger partial charge in [0.05, 0.1) is 16.4 Å². The van der Waals surface area contributed by atoms with Crippen molar-refractivity contribution in [3.8, 4) is 0 Å². The molecule has 21 heavy (non-hydrogen) atoms. The van der Waals surface area contributed by atoms with E-state index in [9.17, 15) is 0 Å². The summed E-state index contributed by atoms with van der Waals surface area (Å²) in [5.74, 6) is 0. The SMILES string of the molecule is CNCc1c[nH]c2cc(Nc3cc(Cl)cnc3C)ccc12. The molecule has 0 spiro atoms. The van der Waals surface area contributed by atoms with Gasteiger partial charge in [-0.05, 0) is 37.7 Å². The van der Waals surface area contributed by atoms with Gasteiger partial charge in [-0.3, -0.25) is 4.98 Å². The second kappa shape index (κ2) is 5.76. The molecule has 0 aliphatic heterocycles. The highest BCUT2D eigenvalue weighted by Crippen LogP contribution is 2.26. The molecule has 2 aromatic heterocycles. The highest BCUT2D eigenvalue weighted by atomic mass is 35.5. The largest absolute Gasteiger partial charge is 0.361 e. The van der Waals surface area contributed by atoms with E-state index in [1.54, 1.807) is 6.20 Å². The van der Waals surface area contributed by atoms with Crippen molar-refractivity contribution in [1.82, 2.24) is 15.3 Å². The summed E-state index contributed by atoms with van der Waals surface area (Å²) in [6.07, 6.45) is 3.69. The maximum absolute atomic E-state index is 6.00. The van der Waals surface area contributed by atoms with Crippen LogP contribution in [0.4, 0.5) is 11.4 Å². The van der Waals surface area contributed by atoms with Crippen molar-refractivity contribution in [1.29, 1.82) is 0 Å². The average Bonchev–Trinajstić information content (AvgIpc) is 2.86. The highest BCUT2D eigenvalue weighted by molar-refractivity contribution is 6.30. The predicted octanol–water partition coefficient (Wildman–Crippen LogP) is 3.99. The number of anilines is 2. The van der Waals surface area contributed by atoms with E-state index in [4.69, 9.17) is 11.6 Å². The molecular formula is C16H17ClN4. The molecule has 4 nitrogen and oxygen atoms in total. The minimum absolute atomic E-state index is 0.625. The Hall–Kier alpha value is -2.04. The number of aromatic amines is 1. The van der Waals surface area contributed by atoms with E-state index in [2.05, 4.69) is 38.8 Å². The van der Waals surface area contributed by atoms with Crippen LogP contribution in [0.3, 0.4) is 0 Å². The molecule has 0 atom stereocenters. The smallest absolute Gasteiger partial charge is 0.0615 e. The number of aryl methyl sites for hydroxylation is 1. The molecule has 0 fully saturated rings. The topological polar surface area (TPSA) is 52.7 Å². The maximum atomic E-state index is 6.00. The van der Waals surface area contributed by atoms with Crippen LogP contribution < -0.4 is 10.6 Å². The van der Waals surface area contributed by atoms with E-state index >= 15 is 0 Å². The van der Waals surface area contributed by atoms with Gasteiger partial charge >= 0.3 is 0 Å². The predicted molar refractivity (Wildman–Crippen MR) is 88.3 cm³/mol. The number of hydrogen-bond acceptors (Lipinski definition) is 3. The number of rotatable bonds is 4. The third kappa shape index (κ3) is 2.86. The number of aromatic nitrogens is 2. The lowest BCUT2D eigenvalue weighted by Crippen LogP contribution is -2.03. The van der Waals surface area contributed by atoms with Gasteiger partial charge in [0.25, 0.3) is 0 Å². The average molecular weight is 301 g/mol. The van der Waals surface area contributed by atoms with Gasteiger partial charge in [-0.25, -0.2) is 0 Å². The van der Waals surface area contributed by atoms with E-state index in [1.807, 2.05) is 26.2 Å².